The minimum absolute atomic E-state index is 0.0282. The van der Waals surface area contributed by atoms with Gasteiger partial charge in [0.15, 0.2) is 6.10 Å². The van der Waals surface area contributed by atoms with Crippen LogP contribution in [0.2, 0.25) is 0 Å². The number of anilines is 2. The van der Waals surface area contributed by atoms with Crippen LogP contribution in [0, 0.1) is 5.41 Å². The van der Waals surface area contributed by atoms with Crippen LogP contribution in [0.25, 0.3) is 11.0 Å². The average Bonchev–Trinajstić information content (AvgIpc) is 3.41. The Morgan fingerprint density at radius 1 is 1.00 bits per heavy atom. The number of fused-ring (bicyclic) bond motifs is 1. The van der Waals surface area contributed by atoms with Gasteiger partial charge in [-0.15, -0.1) is 0 Å². The van der Waals surface area contributed by atoms with Crippen molar-refractivity contribution in [2.75, 3.05) is 16.8 Å². The van der Waals surface area contributed by atoms with Gasteiger partial charge in [-0.3, -0.25) is 30.0 Å². The highest BCUT2D eigenvalue weighted by atomic mass is 16.7. The molecule has 0 spiro atoms. The second kappa shape index (κ2) is 15.1. The van der Waals surface area contributed by atoms with Crippen molar-refractivity contribution in [2.45, 2.75) is 43.7 Å². The zero-order chi connectivity index (χ0) is 36.1. The molecule has 0 aliphatic carbocycles. The van der Waals surface area contributed by atoms with Gasteiger partial charge in [0, 0.05) is 36.6 Å². The number of carbonyl (C=O) groups excluding carboxylic acids is 4. The van der Waals surface area contributed by atoms with E-state index >= 15 is 0 Å². The van der Waals surface area contributed by atoms with Crippen LogP contribution in [0.4, 0.5) is 16.3 Å². The molecule has 5 atom stereocenters. The van der Waals surface area contributed by atoms with E-state index in [1.165, 1.54) is 11.1 Å². The molecule has 2 aromatic carbocycles. The smallest absolute Gasteiger partial charge is 0.318 e. The Morgan fingerprint density at radius 3 is 2.38 bits per heavy atom. The van der Waals surface area contributed by atoms with Gasteiger partial charge in [0.25, 0.3) is 11.8 Å². The fourth-order valence-electron chi connectivity index (χ4n) is 5.23. The van der Waals surface area contributed by atoms with Crippen molar-refractivity contribution in [3.05, 3.63) is 83.8 Å². The van der Waals surface area contributed by atoms with Crippen LogP contribution < -0.4 is 27.0 Å². The second-order valence-corrected chi connectivity index (χ2v) is 11.3. The molecule has 5 rings (SSSR count). The molecule has 10 N–H and O–H groups in total. The number of rotatable bonds is 11. The van der Waals surface area contributed by atoms with Gasteiger partial charge in [-0.25, -0.2) is 14.8 Å². The third-order valence-electron chi connectivity index (χ3n) is 7.90. The van der Waals surface area contributed by atoms with Gasteiger partial charge in [0.1, 0.15) is 35.8 Å². The molecule has 4 aromatic rings. The molecule has 50 heavy (non-hydrogen) atoms. The summed E-state index contributed by atoms with van der Waals surface area (Å²) in [7, 11) is 1.84. The number of nitrogens with zero attached hydrogens (tertiary/aromatic N) is 4. The summed E-state index contributed by atoms with van der Waals surface area (Å²) in [6, 6.07) is 15.7. The first-order chi connectivity index (χ1) is 23.8. The SMILES string of the molecule is Cn1c(CNc2ccc(C(=N)N)cc2)nc2cc(C(=O)N(CCC(=O)OC3O[C@H](C(=O)NC(N)=O)[C@@H](O)[C@H](O)[C@H]3O)c3ccccn3)ccc21. The van der Waals surface area contributed by atoms with E-state index in [1.54, 1.807) is 66.0 Å². The Bertz CT molecular complexity index is 1900. The highest BCUT2D eigenvalue weighted by Crippen LogP contribution is 2.24. The Balaban J connectivity index is 1.29. The van der Waals surface area contributed by atoms with E-state index in [9.17, 15) is 34.5 Å². The average molecular weight is 690 g/mol. The van der Waals surface area contributed by atoms with Gasteiger partial charge in [-0.2, -0.15) is 0 Å². The number of nitrogens with one attached hydrogen (secondary N) is 3. The summed E-state index contributed by atoms with van der Waals surface area (Å²) in [5.41, 5.74) is 13.4. The predicted molar refractivity (Wildman–Crippen MR) is 177 cm³/mol. The molecule has 18 heteroatoms. The molecule has 4 amide bonds. The molecule has 1 unspecified atom stereocenters. The minimum atomic E-state index is -1.98. The number of nitrogens with two attached hydrogens (primary N) is 2. The lowest BCUT2D eigenvalue weighted by Gasteiger charge is -2.38. The van der Waals surface area contributed by atoms with Crippen LogP contribution in [-0.2, 0) is 32.7 Å². The summed E-state index contributed by atoms with van der Waals surface area (Å²) in [4.78, 5) is 60.2. The number of aliphatic hydroxyl groups is 3. The number of amidine groups is 1. The number of hydrogen-bond acceptors (Lipinski definition) is 13. The fraction of sp³-hybridized carbons (Fsp3) is 0.281. The van der Waals surface area contributed by atoms with Crippen molar-refractivity contribution in [2.24, 2.45) is 18.5 Å². The van der Waals surface area contributed by atoms with Gasteiger partial charge in [-0.05, 0) is 54.6 Å². The molecule has 2 aromatic heterocycles. The van der Waals surface area contributed by atoms with Crippen LogP contribution in [0.3, 0.4) is 0 Å². The van der Waals surface area contributed by atoms with Crippen LogP contribution in [0.15, 0.2) is 66.9 Å². The maximum absolute atomic E-state index is 13.9. The molecule has 1 saturated heterocycles. The quantitative estimate of drug-likeness (QED) is 0.0558. The van der Waals surface area contributed by atoms with E-state index < -0.39 is 60.9 Å². The van der Waals surface area contributed by atoms with Crippen molar-refractivity contribution in [1.82, 2.24) is 19.9 Å². The third-order valence-corrected chi connectivity index (χ3v) is 7.90. The summed E-state index contributed by atoms with van der Waals surface area (Å²) in [6.45, 7) is 0.119. The first kappa shape index (κ1) is 35.4. The number of aryl methyl sites for hydroxylation is 1. The fourth-order valence-corrected chi connectivity index (χ4v) is 5.23. The van der Waals surface area contributed by atoms with Gasteiger partial charge < -0.3 is 46.1 Å². The highest BCUT2D eigenvalue weighted by molar-refractivity contribution is 6.07. The Hall–Kier alpha value is -5.95. The lowest BCUT2D eigenvalue weighted by Crippen LogP contribution is -2.63. The monoisotopic (exact) mass is 689 g/mol. The summed E-state index contributed by atoms with van der Waals surface area (Å²) >= 11 is 0. The number of benzene rings is 2. The number of esters is 1. The molecule has 0 bridgehead atoms. The zero-order valence-corrected chi connectivity index (χ0v) is 26.6. The maximum atomic E-state index is 13.9. The molecule has 1 aliphatic heterocycles. The molecule has 0 saturated carbocycles. The van der Waals surface area contributed by atoms with E-state index in [1.807, 2.05) is 11.6 Å². The number of nitrogen functional groups attached to an aromatic ring is 1. The number of primary amides is 1. The highest BCUT2D eigenvalue weighted by Gasteiger charge is 2.48. The van der Waals surface area contributed by atoms with Gasteiger partial charge in [0.05, 0.1) is 24.0 Å². The van der Waals surface area contributed by atoms with Gasteiger partial charge in [0.2, 0.25) is 6.29 Å². The maximum Gasteiger partial charge on any atom is 0.318 e. The number of aliphatic hydroxyl groups excluding tert-OH is 3. The van der Waals surface area contributed by atoms with Gasteiger partial charge in [-0.1, -0.05) is 6.07 Å². The summed E-state index contributed by atoms with van der Waals surface area (Å²) < 4.78 is 12.2. The number of urea groups is 1. The molecule has 3 heterocycles. The van der Waals surface area contributed by atoms with Crippen molar-refractivity contribution < 1.29 is 44.0 Å². The Labute approximate surface area is 284 Å². The normalized spacial score (nSPS) is 20.1. The lowest BCUT2D eigenvalue weighted by molar-refractivity contribution is -0.282. The lowest BCUT2D eigenvalue weighted by atomic mass is 9.98. The first-order valence-corrected chi connectivity index (χ1v) is 15.2. The molecule has 262 valence electrons. The van der Waals surface area contributed by atoms with Crippen LogP contribution >= 0.6 is 0 Å². The predicted octanol–water partition coefficient (Wildman–Crippen LogP) is -0.553. The molecule has 18 nitrogen and oxygen atoms in total. The van der Waals surface area contributed by atoms with E-state index in [0.717, 1.165) is 11.2 Å². The summed E-state index contributed by atoms with van der Waals surface area (Å²) in [5, 5.41) is 43.2. The number of pyridine rings is 1. The first-order valence-electron chi connectivity index (χ1n) is 15.2. The molecular formula is C32H35N9O9. The number of aromatic nitrogens is 3. The largest absolute Gasteiger partial charge is 0.433 e. The number of imide groups is 1. The summed E-state index contributed by atoms with van der Waals surface area (Å²) in [6.07, 6.45) is -8.67. The second-order valence-electron chi connectivity index (χ2n) is 11.3. The van der Waals surface area contributed by atoms with Gasteiger partial charge >= 0.3 is 12.0 Å². The Kier molecular flexibility index (Phi) is 10.7. The number of ether oxygens (including phenoxy) is 2. The van der Waals surface area contributed by atoms with Crippen molar-refractivity contribution in [1.29, 1.82) is 5.41 Å². The minimum Gasteiger partial charge on any atom is -0.433 e. The molecular weight excluding hydrogens is 654 g/mol. The third kappa shape index (κ3) is 7.84. The number of amides is 4. The zero-order valence-electron chi connectivity index (χ0n) is 26.6. The Morgan fingerprint density at radius 2 is 1.72 bits per heavy atom. The summed E-state index contributed by atoms with van der Waals surface area (Å²) in [5.74, 6) is -1.85. The van der Waals surface area contributed by atoms with E-state index in [4.69, 9.17) is 31.3 Å². The molecule has 0 radical (unpaired) electrons. The standard InChI is InChI=1S/C32H35N9O9/c1-40-20-10-7-17(14-19(20)38-22(40)15-37-18-8-5-16(6-9-18)28(33)34)30(47)41(21-4-2-3-12-36-21)13-11-23(42)49-31-26(45)24(43)25(44)27(50-31)29(46)39-32(35)48/h2-10,12,14,24-27,31,37,43-45H,11,13,15H2,1H3,(H3,33,34)(H3,35,39,46,48)/t24-,25-,26+,27-,31?/m0/s1. The molecule has 1 aliphatic rings. The van der Waals surface area contributed by atoms with Crippen molar-refractivity contribution >= 4 is 52.2 Å². The van der Waals surface area contributed by atoms with E-state index in [2.05, 4.69) is 10.3 Å². The van der Waals surface area contributed by atoms with Crippen LogP contribution in [0.1, 0.15) is 28.2 Å². The number of imidazole rings is 1. The van der Waals surface area contributed by atoms with Crippen molar-refractivity contribution in [3.63, 3.8) is 0 Å². The molecule has 1 fully saturated rings. The van der Waals surface area contributed by atoms with Crippen LogP contribution in [0.5, 0.6) is 0 Å². The number of carbonyl (C=O) groups is 4. The van der Waals surface area contributed by atoms with E-state index in [0.29, 0.717) is 23.4 Å². The van der Waals surface area contributed by atoms with Crippen molar-refractivity contribution in [3.8, 4) is 0 Å². The van der Waals surface area contributed by atoms with Crippen LogP contribution in [-0.4, -0.2) is 96.8 Å². The topological polar surface area (TPSA) is 281 Å². The van der Waals surface area contributed by atoms with E-state index in [-0.39, 0.29) is 23.8 Å². The number of hydrogen-bond donors (Lipinski definition) is 8.